The van der Waals surface area contributed by atoms with Gasteiger partial charge in [0.05, 0.1) is 18.1 Å². The standard InChI is InChI=1S/C11H13NOS/c1-2-10-3-4-11(14-10)9-12-5-7-13-8-6-12/h1,3-4H,5-9H2. The molecule has 0 aromatic carbocycles. The lowest BCUT2D eigenvalue weighted by molar-refractivity contribution is 0.0346. The molecule has 1 fully saturated rings. The Labute approximate surface area is 88.5 Å². The summed E-state index contributed by atoms with van der Waals surface area (Å²) in [5.41, 5.74) is 0. The normalized spacial score (nSPS) is 17.9. The van der Waals surface area contributed by atoms with E-state index >= 15 is 0 Å². The van der Waals surface area contributed by atoms with E-state index < -0.39 is 0 Å². The van der Waals surface area contributed by atoms with E-state index in [2.05, 4.69) is 16.9 Å². The van der Waals surface area contributed by atoms with Gasteiger partial charge < -0.3 is 4.74 Å². The summed E-state index contributed by atoms with van der Waals surface area (Å²) in [6.07, 6.45) is 5.32. The summed E-state index contributed by atoms with van der Waals surface area (Å²) < 4.78 is 5.29. The van der Waals surface area contributed by atoms with Gasteiger partial charge in [-0.3, -0.25) is 4.90 Å². The zero-order valence-corrected chi connectivity index (χ0v) is 8.85. The number of terminal acetylenes is 1. The first-order valence-electron chi connectivity index (χ1n) is 4.74. The molecule has 1 aromatic heterocycles. The van der Waals surface area contributed by atoms with Gasteiger partial charge >= 0.3 is 0 Å². The van der Waals surface area contributed by atoms with Crippen molar-refractivity contribution in [2.45, 2.75) is 6.54 Å². The van der Waals surface area contributed by atoms with Gasteiger partial charge in [-0.2, -0.15) is 0 Å². The van der Waals surface area contributed by atoms with Gasteiger partial charge in [0.2, 0.25) is 0 Å². The molecule has 2 nitrogen and oxygen atoms in total. The monoisotopic (exact) mass is 207 g/mol. The van der Waals surface area contributed by atoms with Crippen molar-refractivity contribution in [1.29, 1.82) is 0 Å². The number of hydrogen-bond acceptors (Lipinski definition) is 3. The van der Waals surface area contributed by atoms with Crippen molar-refractivity contribution in [3.8, 4) is 12.3 Å². The summed E-state index contributed by atoms with van der Waals surface area (Å²) >= 11 is 1.71. The number of thiophene rings is 1. The average Bonchev–Trinajstić information content (AvgIpc) is 2.67. The Hall–Kier alpha value is -0.820. The Balaban J connectivity index is 1.93. The Morgan fingerprint density at radius 3 is 2.86 bits per heavy atom. The predicted molar refractivity (Wildman–Crippen MR) is 58.4 cm³/mol. The van der Waals surface area contributed by atoms with Gasteiger partial charge in [-0.15, -0.1) is 17.8 Å². The van der Waals surface area contributed by atoms with Crippen LogP contribution < -0.4 is 0 Å². The van der Waals surface area contributed by atoms with Crippen LogP contribution in [-0.2, 0) is 11.3 Å². The van der Waals surface area contributed by atoms with E-state index in [0.29, 0.717) is 0 Å². The number of morpholine rings is 1. The van der Waals surface area contributed by atoms with Crippen LogP contribution in [0.2, 0.25) is 0 Å². The fraction of sp³-hybridized carbons (Fsp3) is 0.455. The number of hydrogen-bond donors (Lipinski definition) is 0. The summed E-state index contributed by atoms with van der Waals surface area (Å²) in [6, 6.07) is 4.13. The third-order valence-electron chi connectivity index (χ3n) is 2.29. The SMILES string of the molecule is C#Cc1ccc(CN2CCOCC2)s1. The zero-order valence-electron chi connectivity index (χ0n) is 8.03. The Kier molecular flexibility index (Phi) is 3.20. The molecule has 0 radical (unpaired) electrons. The molecule has 1 aliphatic heterocycles. The first-order valence-corrected chi connectivity index (χ1v) is 5.55. The molecule has 74 valence electrons. The Morgan fingerprint density at radius 1 is 1.43 bits per heavy atom. The first kappa shape index (κ1) is 9.72. The molecular formula is C11H13NOS. The highest BCUT2D eigenvalue weighted by Gasteiger charge is 2.11. The highest BCUT2D eigenvalue weighted by Crippen LogP contribution is 2.17. The van der Waals surface area contributed by atoms with E-state index in [0.717, 1.165) is 37.7 Å². The zero-order chi connectivity index (χ0) is 9.80. The third-order valence-corrected chi connectivity index (χ3v) is 3.29. The Bertz CT molecular complexity index is 333. The molecule has 0 unspecified atom stereocenters. The van der Waals surface area contributed by atoms with Crippen molar-refractivity contribution in [3.63, 3.8) is 0 Å². The molecule has 0 atom stereocenters. The minimum absolute atomic E-state index is 0.855. The second-order valence-corrected chi connectivity index (χ2v) is 4.47. The van der Waals surface area contributed by atoms with E-state index in [-0.39, 0.29) is 0 Å². The second-order valence-electron chi connectivity index (χ2n) is 3.30. The van der Waals surface area contributed by atoms with Gasteiger partial charge in [-0.05, 0) is 12.1 Å². The topological polar surface area (TPSA) is 12.5 Å². The van der Waals surface area contributed by atoms with Gasteiger partial charge in [-0.1, -0.05) is 5.92 Å². The highest BCUT2D eigenvalue weighted by atomic mass is 32.1. The van der Waals surface area contributed by atoms with Gasteiger partial charge in [0.25, 0.3) is 0 Å². The summed E-state index contributed by atoms with van der Waals surface area (Å²) in [7, 11) is 0. The lowest BCUT2D eigenvalue weighted by atomic mass is 10.3. The van der Waals surface area contributed by atoms with Crippen LogP contribution in [0.15, 0.2) is 12.1 Å². The minimum Gasteiger partial charge on any atom is -0.379 e. The number of rotatable bonds is 2. The van der Waals surface area contributed by atoms with Gasteiger partial charge in [0.15, 0.2) is 0 Å². The quantitative estimate of drug-likeness (QED) is 0.682. The van der Waals surface area contributed by atoms with E-state index in [4.69, 9.17) is 11.2 Å². The van der Waals surface area contributed by atoms with Crippen LogP contribution in [-0.4, -0.2) is 31.2 Å². The molecule has 0 saturated carbocycles. The molecule has 1 aromatic rings. The molecule has 0 amide bonds. The summed E-state index contributed by atoms with van der Waals surface area (Å²) in [5, 5.41) is 0. The molecule has 1 saturated heterocycles. The fourth-order valence-corrected chi connectivity index (χ4v) is 2.38. The van der Waals surface area contributed by atoms with E-state index in [1.54, 1.807) is 11.3 Å². The molecule has 1 aliphatic rings. The van der Waals surface area contributed by atoms with Crippen molar-refractivity contribution < 1.29 is 4.74 Å². The molecule has 14 heavy (non-hydrogen) atoms. The largest absolute Gasteiger partial charge is 0.379 e. The van der Waals surface area contributed by atoms with E-state index in [1.807, 2.05) is 6.07 Å². The van der Waals surface area contributed by atoms with Crippen molar-refractivity contribution in [2.75, 3.05) is 26.3 Å². The molecule has 2 heterocycles. The van der Waals surface area contributed by atoms with E-state index in [1.165, 1.54) is 4.88 Å². The smallest absolute Gasteiger partial charge is 0.0769 e. The molecule has 2 rings (SSSR count). The number of ether oxygens (including phenoxy) is 1. The first-order chi connectivity index (χ1) is 6.88. The van der Waals surface area contributed by atoms with Gasteiger partial charge in [0.1, 0.15) is 0 Å². The lowest BCUT2D eigenvalue weighted by Crippen LogP contribution is -2.35. The van der Waals surface area contributed by atoms with Crippen molar-refractivity contribution in [1.82, 2.24) is 4.90 Å². The predicted octanol–water partition coefficient (Wildman–Crippen LogP) is 1.56. The molecule has 0 spiro atoms. The maximum atomic E-state index is 5.32. The van der Waals surface area contributed by atoms with E-state index in [9.17, 15) is 0 Å². The minimum atomic E-state index is 0.855. The molecule has 0 N–H and O–H groups in total. The Morgan fingerprint density at radius 2 is 2.21 bits per heavy atom. The maximum Gasteiger partial charge on any atom is 0.0769 e. The summed E-state index contributed by atoms with van der Waals surface area (Å²) in [5.74, 6) is 2.66. The molecule has 0 bridgehead atoms. The van der Waals surface area contributed by atoms with Crippen LogP contribution in [0.3, 0.4) is 0 Å². The third kappa shape index (κ3) is 2.36. The van der Waals surface area contributed by atoms with Gasteiger partial charge in [0, 0.05) is 24.5 Å². The molecule has 3 heteroatoms. The van der Waals surface area contributed by atoms with Crippen molar-refractivity contribution in [3.05, 3.63) is 21.9 Å². The lowest BCUT2D eigenvalue weighted by Gasteiger charge is -2.25. The highest BCUT2D eigenvalue weighted by molar-refractivity contribution is 7.12. The molecule has 0 aliphatic carbocycles. The van der Waals surface area contributed by atoms with Gasteiger partial charge in [-0.25, -0.2) is 0 Å². The second kappa shape index (κ2) is 4.61. The number of nitrogens with zero attached hydrogens (tertiary/aromatic N) is 1. The maximum absolute atomic E-state index is 5.32. The summed E-state index contributed by atoms with van der Waals surface area (Å²) in [4.78, 5) is 4.77. The summed E-state index contributed by atoms with van der Waals surface area (Å²) in [6.45, 7) is 4.78. The fourth-order valence-electron chi connectivity index (χ4n) is 1.52. The van der Waals surface area contributed by atoms with Crippen LogP contribution in [0, 0.1) is 12.3 Å². The molecular weight excluding hydrogens is 194 g/mol. The van der Waals surface area contributed by atoms with Crippen LogP contribution in [0.25, 0.3) is 0 Å². The van der Waals surface area contributed by atoms with Crippen LogP contribution >= 0.6 is 11.3 Å². The van der Waals surface area contributed by atoms with Crippen LogP contribution in [0.1, 0.15) is 9.75 Å². The van der Waals surface area contributed by atoms with Crippen molar-refractivity contribution >= 4 is 11.3 Å². The van der Waals surface area contributed by atoms with Crippen molar-refractivity contribution in [2.24, 2.45) is 0 Å². The van der Waals surface area contributed by atoms with Crippen LogP contribution in [0.5, 0.6) is 0 Å². The average molecular weight is 207 g/mol. The van der Waals surface area contributed by atoms with Crippen LogP contribution in [0.4, 0.5) is 0 Å².